The number of aromatic nitrogens is 6. The Labute approximate surface area is 188 Å². The smallest absolute Gasteiger partial charge is 0.192 e. The molecule has 0 spiro atoms. The number of aryl methyl sites for hydroxylation is 2. The third-order valence-electron chi connectivity index (χ3n) is 5.97. The van der Waals surface area contributed by atoms with Gasteiger partial charge in [0, 0.05) is 28.9 Å². The maximum Gasteiger partial charge on any atom is 0.192 e. The summed E-state index contributed by atoms with van der Waals surface area (Å²) in [5, 5.41) is 11.0. The average Bonchev–Trinajstić information content (AvgIpc) is 3.50. The van der Waals surface area contributed by atoms with Crippen LogP contribution in [-0.4, -0.2) is 29.7 Å². The Balaban J connectivity index is 1.29. The van der Waals surface area contributed by atoms with E-state index in [1.165, 1.54) is 29.7 Å². The van der Waals surface area contributed by atoms with Gasteiger partial charge in [-0.2, -0.15) is 0 Å². The second-order valence-corrected chi connectivity index (χ2v) is 10.2. The molecule has 0 amide bonds. The highest BCUT2D eigenvalue weighted by atomic mass is 32.2. The van der Waals surface area contributed by atoms with Crippen LogP contribution >= 0.6 is 23.1 Å². The van der Waals surface area contributed by atoms with Crippen molar-refractivity contribution >= 4 is 39.1 Å². The number of thiophene rings is 1. The third-order valence-corrected chi connectivity index (χ3v) is 8.09. The van der Waals surface area contributed by atoms with Gasteiger partial charge in [0.05, 0.1) is 11.1 Å². The monoisotopic (exact) mass is 449 g/mol. The third kappa shape index (κ3) is 3.59. The summed E-state index contributed by atoms with van der Waals surface area (Å²) in [5.74, 6) is 2.90. The van der Waals surface area contributed by atoms with E-state index in [9.17, 15) is 0 Å². The molecule has 31 heavy (non-hydrogen) atoms. The quantitative estimate of drug-likeness (QED) is 0.344. The molecule has 1 fully saturated rings. The highest BCUT2D eigenvalue weighted by Gasteiger charge is 2.30. The van der Waals surface area contributed by atoms with Crippen LogP contribution < -0.4 is 5.73 Å². The van der Waals surface area contributed by atoms with E-state index < -0.39 is 0 Å². The Morgan fingerprint density at radius 1 is 1.13 bits per heavy atom. The summed E-state index contributed by atoms with van der Waals surface area (Å²) >= 11 is 3.43. The molecule has 0 unspecified atom stereocenters. The van der Waals surface area contributed by atoms with Crippen molar-refractivity contribution < 1.29 is 0 Å². The number of nitrogen functional groups attached to an aromatic ring is 1. The van der Waals surface area contributed by atoms with Crippen LogP contribution in [0.1, 0.15) is 54.4 Å². The van der Waals surface area contributed by atoms with E-state index in [1.54, 1.807) is 29.3 Å². The maximum atomic E-state index is 6.42. The van der Waals surface area contributed by atoms with Crippen LogP contribution in [0.15, 0.2) is 29.7 Å². The fraction of sp³-hybridized carbons (Fsp3) is 0.409. The van der Waals surface area contributed by atoms with Crippen LogP contribution in [0.5, 0.6) is 0 Å². The molecule has 9 heteroatoms. The molecule has 7 nitrogen and oxygen atoms in total. The summed E-state index contributed by atoms with van der Waals surface area (Å²) in [4.78, 5) is 16.3. The minimum Gasteiger partial charge on any atom is -0.383 e. The zero-order chi connectivity index (χ0) is 20.8. The normalized spacial score (nSPS) is 16.4. The van der Waals surface area contributed by atoms with Crippen LogP contribution in [0.25, 0.3) is 21.6 Å². The summed E-state index contributed by atoms with van der Waals surface area (Å²) in [6, 6.07) is 4.43. The van der Waals surface area contributed by atoms with Gasteiger partial charge in [-0.05, 0) is 56.2 Å². The van der Waals surface area contributed by atoms with Crippen LogP contribution in [0.3, 0.4) is 0 Å². The molecule has 2 N–H and O–H groups in total. The van der Waals surface area contributed by atoms with Crippen LogP contribution in [0.2, 0.25) is 0 Å². The van der Waals surface area contributed by atoms with Gasteiger partial charge in [0.1, 0.15) is 16.5 Å². The molecule has 6 rings (SSSR count). The maximum absolute atomic E-state index is 6.42. The van der Waals surface area contributed by atoms with Crippen molar-refractivity contribution in [3.05, 3.63) is 40.8 Å². The van der Waals surface area contributed by atoms with Gasteiger partial charge in [0.2, 0.25) is 0 Å². The van der Waals surface area contributed by atoms with Gasteiger partial charge in [-0.25, -0.2) is 9.97 Å². The van der Waals surface area contributed by atoms with Crippen molar-refractivity contribution in [2.45, 2.75) is 61.9 Å². The molecule has 0 saturated heterocycles. The molecule has 4 aromatic rings. The summed E-state index contributed by atoms with van der Waals surface area (Å²) < 4.78 is 2.25. The van der Waals surface area contributed by atoms with Crippen LogP contribution in [-0.2, 0) is 18.6 Å². The molecular weight excluding hydrogens is 426 g/mol. The molecule has 0 radical (unpaired) electrons. The second kappa shape index (κ2) is 7.87. The first-order valence-electron chi connectivity index (χ1n) is 10.8. The van der Waals surface area contributed by atoms with Gasteiger partial charge < -0.3 is 5.73 Å². The highest BCUT2D eigenvalue weighted by molar-refractivity contribution is 7.98. The number of nitrogens with two attached hydrogens (primary N) is 1. The van der Waals surface area contributed by atoms with E-state index >= 15 is 0 Å². The first-order valence-corrected chi connectivity index (χ1v) is 12.6. The number of pyridine rings is 1. The molecule has 2 aliphatic carbocycles. The second-order valence-electron chi connectivity index (χ2n) is 8.21. The SMILES string of the molecule is Nc1nc(CSc2nnc(-c3cccnc3)n2C2CC2)nc2sc3c(c12)CCCCC3. The number of anilines is 1. The number of thioether (sulfide) groups is 1. The molecule has 0 aromatic carbocycles. The summed E-state index contributed by atoms with van der Waals surface area (Å²) in [6.45, 7) is 0. The van der Waals surface area contributed by atoms with E-state index in [1.807, 2.05) is 18.3 Å². The standard InChI is InChI=1S/C22H23N7S2/c23-19-18-15-6-2-1-3-7-16(15)31-21(18)26-17(25-19)12-30-22-28-27-20(29(22)14-8-9-14)13-5-4-10-24-11-13/h4-5,10-11,14H,1-3,6-9,12H2,(H2,23,25,26). The molecule has 2 aliphatic rings. The van der Waals surface area contributed by atoms with Gasteiger partial charge in [-0.3, -0.25) is 9.55 Å². The molecule has 0 atom stereocenters. The summed E-state index contributed by atoms with van der Waals surface area (Å²) in [5.41, 5.74) is 8.81. The molecular formula is C22H23N7S2. The van der Waals surface area contributed by atoms with E-state index in [-0.39, 0.29) is 0 Å². The Bertz CT molecular complexity index is 1240. The predicted molar refractivity (Wildman–Crippen MR) is 124 cm³/mol. The fourth-order valence-electron chi connectivity index (χ4n) is 4.33. The van der Waals surface area contributed by atoms with E-state index in [2.05, 4.69) is 24.7 Å². The number of hydrogen-bond acceptors (Lipinski definition) is 8. The van der Waals surface area contributed by atoms with E-state index in [0.717, 1.165) is 58.3 Å². The molecule has 1 saturated carbocycles. The lowest BCUT2D eigenvalue weighted by Gasteiger charge is -2.08. The minimum absolute atomic E-state index is 0.467. The lowest BCUT2D eigenvalue weighted by atomic mass is 10.1. The van der Waals surface area contributed by atoms with Crippen molar-refractivity contribution in [3.8, 4) is 11.4 Å². The topological polar surface area (TPSA) is 95.4 Å². The van der Waals surface area contributed by atoms with Crippen molar-refractivity contribution in [1.29, 1.82) is 0 Å². The van der Waals surface area contributed by atoms with Gasteiger partial charge in [0.25, 0.3) is 0 Å². The first kappa shape index (κ1) is 19.2. The minimum atomic E-state index is 0.467. The molecule has 0 bridgehead atoms. The van der Waals surface area contributed by atoms with Crippen molar-refractivity contribution in [3.63, 3.8) is 0 Å². The zero-order valence-corrected chi connectivity index (χ0v) is 18.8. The first-order chi connectivity index (χ1) is 15.3. The van der Waals surface area contributed by atoms with Gasteiger partial charge in [-0.1, -0.05) is 18.2 Å². The lowest BCUT2D eigenvalue weighted by Crippen LogP contribution is -2.02. The average molecular weight is 450 g/mol. The predicted octanol–water partition coefficient (Wildman–Crippen LogP) is 4.82. The Kier molecular flexibility index (Phi) is 4.87. The van der Waals surface area contributed by atoms with Crippen LogP contribution in [0, 0.1) is 0 Å². The lowest BCUT2D eigenvalue weighted by molar-refractivity contribution is 0.669. The molecule has 4 heterocycles. The zero-order valence-electron chi connectivity index (χ0n) is 17.1. The van der Waals surface area contributed by atoms with Gasteiger partial charge >= 0.3 is 0 Å². The Morgan fingerprint density at radius 3 is 2.87 bits per heavy atom. The number of nitrogens with zero attached hydrogens (tertiary/aromatic N) is 6. The largest absolute Gasteiger partial charge is 0.383 e. The highest BCUT2D eigenvalue weighted by Crippen LogP contribution is 2.42. The molecule has 0 aliphatic heterocycles. The Morgan fingerprint density at radius 2 is 2.03 bits per heavy atom. The molecule has 4 aromatic heterocycles. The number of fused-ring (bicyclic) bond motifs is 3. The summed E-state index contributed by atoms with van der Waals surface area (Å²) in [7, 11) is 0. The van der Waals surface area contributed by atoms with E-state index in [0.29, 0.717) is 17.6 Å². The van der Waals surface area contributed by atoms with Gasteiger partial charge in [0.15, 0.2) is 11.0 Å². The van der Waals surface area contributed by atoms with Gasteiger partial charge in [-0.15, -0.1) is 21.5 Å². The van der Waals surface area contributed by atoms with Crippen molar-refractivity contribution in [2.75, 3.05) is 5.73 Å². The number of rotatable bonds is 5. The van der Waals surface area contributed by atoms with Crippen molar-refractivity contribution in [2.24, 2.45) is 0 Å². The van der Waals surface area contributed by atoms with Crippen molar-refractivity contribution in [1.82, 2.24) is 29.7 Å². The summed E-state index contributed by atoms with van der Waals surface area (Å²) in [6.07, 6.45) is 12.0. The van der Waals surface area contributed by atoms with E-state index in [4.69, 9.17) is 10.7 Å². The Hall–Kier alpha value is -2.52. The van der Waals surface area contributed by atoms with Crippen LogP contribution in [0.4, 0.5) is 5.82 Å². The fourth-order valence-corrected chi connectivity index (χ4v) is 6.48. The number of hydrogen-bond donors (Lipinski definition) is 1. The molecule has 158 valence electrons.